The van der Waals surface area contributed by atoms with E-state index in [-0.39, 0.29) is 0 Å². The summed E-state index contributed by atoms with van der Waals surface area (Å²) in [7, 11) is 0. The summed E-state index contributed by atoms with van der Waals surface area (Å²) in [5.41, 5.74) is 0. The highest BCUT2D eigenvalue weighted by molar-refractivity contribution is 8.04. The van der Waals surface area contributed by atoms with E-state index >= 15 is 0 Å². The van der Waals surface area contributed by atoms with Gasteiger partial charge in [0.05, 0.1) is 5.75 Å². The molecule has 1 aromatic heterocycles. The van der Waals surface area contributed by atoms with Gasteiger partial charge >= 0.3 is 0 Å². The van der Waals surface area contributed by atoms with E-state index in [0.29, 0.717) is 5.92 Å². The van der Waals surface area contributed by atoms with E-state index in [1.54, 1.807) is 11.8 Å². The molecule has 0 bridgehead atoms. The molecule has 1 aliphatic rings. The summed E-state index contributed by atoms with van der Waals surface area (Å²) in [6, 6.07) is 4.28. The monoisotopic (exact) mass is 180 g/mol. The Morgan fingerprint density at radius 3 is 3.18 bits per heavy atom. The second-order valence-corrected chi connectivity index (χ2v) is 4.13. The van der Waals surface area contributed by atoms with E-state index in [4.69, 9.17) is 0 Å². The Hall–Kier alpha value is -0.210. The number of hydrogen-bond donors (Lipinski definition) is 0. The average Bonchev–Trinajstić information content (AvgIpc) is 2.58. The molecule has 0 aromatic carbocycles. The van der Waals surface area contributed by atoms with Crippen LogP contribution in [0, 0.1) is 5.75 Å². The molecule has 0 saturated heterocycles. The lowest BCUT2D eigenvalue weighted by Crippen LogP contribution is -1.95. The Morgan fingerprint density at radius 2 is 2.55 bits per heavy atom. The molecule has 56 valence electrons. The Kier molecular flexibility index (Phi) is 2.34. The van der Waals surface area contributed by atoms with Crippen molar-refractivity contribution >= 4 is 23.1 Å². The van der Waals surface area contributed by atoms with E-state index in [2.05, 4.69) is 34.7 Å². The van der Waals surface area contributed by atoms with Gasteiger partial charge in [-0.3, -0.25) is 0 Å². The second-order valence-electron chi connectivity index (χ2n) is 2.41. The molecule has 1 aromatic rings. The SMILES string of the molecule is [C]1SC=CCC1c1cccs1. The van der Waals surface area contributed by atoms with Gasteiger partial charge in [0.25, 0.3) is 0 Å². The van der Waals surface area contributed by atoms with Gasteiger partial charge in [-0.1, -0.05) is 12.1 Å². The Bertz CT molecular complexity index is 236. The third kappa shape index (κ3) is 1.68. The van der Waals surface area contributed by atoms with Gasteiger partial charge in [-0.05, 0) is 23.3 Å². The Labute approximate surface area is 75.3 Å². The molecule has 1 atom stereocenters. The number of thioether (sulfide) groups is 1. The van der Waals surface area contributed by atoms with Gasteiger partial charge in [0.1, 0.15) is 0 Å². The first-order chi connectivity index (χ1) is 5.47. The van der Waals surface area contributed by atoms with Gasteiger partial charge in [-0.25, -0.2) is 0 Å². The molecule has 0 spiro atoms. The summed E-state index contributed by atoms with van der Waals surface area (Å²) >= 11 is 3.50. The summed E-state index contributed by atoms with van der Waals surface area (Å²) in [5.74, 6) is 3.89. The first-order valence-corrected chi connectivity index (χ1v) is 5.32. The standard InChI is InChI=1S/C9H8S2/c1-3-8(7-10-5-1)9-4-2-6-11-9/h1-2,4-6,8H,3H2. The fraction of sp³-hybridized carbons (Fsp3) is 0.222. The fourth-order valence-electron chi connectivity index (χ4n) is 1.07. The third-order valence-electron chi connectivity index (χ3n) is 1.63. The molecule has 1 unspecified atom stereocenters. The van der Waals surface area contributed by atoms with Crippen LogP contribution in [0.15, 0.2) is 29.0 Å². The molecule has 0 amide bonds. The second kappa shape index (κ2) is 3.46. The zero-order chi connectivity index (χ0) is 7.52. The van der Waals surface area contributed by atoms with Crippen molar-refractivity contribution in [3.63, 3.8) is 0 Å². The number of hydrogen-bond acceptors (Lipinski definition) is 2. The van der Waals surface area contributed by atoms with Crippen LogP contribution in [0.2, 0.25) is 0 Å². The quantitative estimate of drug-likeness (QED) is 0.637. The van der Waals surface area contributed by atoms with Crippen LogP contribution < -0.4 is 0 Å². The van der Waals surface area contributed by atoms with Crippen molar-refractivity contribution in [2.24, 2.45) is 0 Å². The van der Waals surface area contributed by atoms with E-state index < -0.39 is 0 Å². The lowest BCUT2D eigenvalue weighted by molar-refractivity contribution is 0.862. The number of rotatable bonds is 1. The maximum atomic E-state index is 3.36. The number of allylic oxidation sites excluding steroid dienone is 1. The van der Waals surface area contributed by atoms with E-state index in [9.17, 15) is 0 Å². The van der Waals surface area contributed by atoms with Crippen LogP contribution in [0.4, 0.5) is 0 Å². The zero-order valence-corrected chi connectivity index (χ0v) is 7.62. The molecule has 2 radical (unpaired) electrons. The normalized spacial score (nSPS) is 23.8. The molecular formula is C9H8S2. The summed E-state index contributed by atoms with van der Waals surface area (Å²) in [6.07, 6.45) is 3.33. The highest BCUT2D eigenvalue weighted by atomic mass is 32.2. The van der Waals surface area contributed by atoms with Gasteiger partial charge in [0, 0.05) is 10.8 Å². The zero-order valence-electron chi connectivity index (χ0n) is 5.99. The van der Waals surface area contributed by atoms with Crippen molar-refractivity contribution in [3.05, 3.63) is 39.6 Å². The summed E-state index contributed by atoms with van der Waals surface area (Å²) in [4.78, 5) is 1.43. The first-order valence-electron chi connectivity index (χ1n) is 3.56. The molecule has 1 aliphatic heterocycles. The van der Waals surface area contributed by atoms with Crippen LogP contribution in [0.5, 0.6) is 0 Å². The minimum atomic E-state index is 0.532. The highest BCUT2D eigenvalue weighted by Crippen LogP contribution is 2.35. The fourth-order valence-corrected chi connectivity index (χ4v) is 2.61. The average molecular weight is 180 g/mol. The summed E-state index contributed by atoms with van der Waals surface area (Å²) in [5, 5.41) is 4.23. The smallest absolute Gasteiger partial charge is 0.0621 e. The number of thiophene rings is 1. The molecule has 0 saturated carbocycles. The predicted octanol–water partition coefficient (Wildman–Crippen LogP) is 3.52. The van der Waals surface area contributed by atoms with E-state index in [1.165, 1.54) is 4.88 Å². The van der Waals surface area contributed by atoms with Crippen LogP contribution in [0.25, 0.3) is 0 Å². The van der Waals surface area contributed by atoms with Crippen molar-refractivity contribution in [2.75, 3.05) is 0 Å². The van der Waals surface area contributed by atoms with Crippen molar-refractivity contribution in [1.29, 1.82) is 0 Å². The molecule has 0 fully saturated rings. The van der Waals surface area contributed by atoms with Gasteiger partial charge in [-0.15, -0.1) is 23.1 Å². The molecule has 2 heterocycles. The third-order valence-corrected chi connectivity index (χ3v) is 3.37. The molecule has 2 rings (SSSR count). The maximum Gasteiger partial charge on any atom is 0.0621 e. The van der Waals surface area contributed by atoms with Crippen molar-refractivity contribution in [3.8, 4) is 0 Å². The van der Waals surface area contributed by atoms with Crippen LogP contribution in [0.1, 0.15) is 17.2 Å². The highest BCUT2D eigenvalue weighted by Gasteiger charge is 2.13. The van der Waals surface area contributed by atoms with E-state index in [0.717, 1.165) is 6.42 Å². The summed E-state index contributed by atoms with van der Waals surface area (Å²) in [6.45, 7) is 0. The lowest BCUT2D eigenvalue weighted by Gasteiger charge is -2.13. The molecule has 0 aliphatic carbocycles. The van der Waals surface area contributed by atoms with Gasteiger partial charge in [0.15, 0.2) is 0 Å². The maximum absolute atomic E-state index is 3.36. The minimum Gasteiger partial charge on any atom is -0.149 e. The predicted molar refractivity (Wildman–Crippen MR) is 51.7 cm³/mol. The minimum absolute atomic E-state index is 0.532. The topological polar surface area (TPSA) is 0 Å². The van der Waals surface area contributed by atoms with Gasteiger partial charge < -0.3 is 0 Å². The Morgan fingerprint density at radius 1 is 1.55 bits per heavy atom. The molecule has 0 N–H and O–H groups in total. The Balaban J connectivity index is 2.11. The molecule has 11 heavy (non-hydrogen) atoms. The van der Waals surface area contributed by atoms with Crippen LogP contribution in [-0.2, 0) is 0 Å². The van der Waals surface area contributed by atoms with Crippen molar-refractivity contribution < 1.29 is 0 Å². The summed E-state index contributed by atoms with van der Waals surface area (Å²) < 4.78 is 0. The molecular weight excluding hydrogens is 172 g/mol. The molecule has 0 nitrogen and oxygen atoms in total. The van der Waals surface area contributed by atoms with Crippen molar-refractivity contribution in [2.45, 2.75) is 12.3 Å². The van der Waals surface area contributed by atoms with Crippen LogP contribution >= 0.6 is 23.1 Å². The molecule has 2 heteroatoms. The lowest BCUT2D eigenvalue weighted by atomic mass is 10.1. The van der Waals surface area contributed by atoms with Crippen LogP contribution in [-0.4, -0.2) is 0 Å². The first kappa shape index (κ1) is 7.44. The van der Waals surface area contributed by atoms with Gasteiger partial charge in [-0.2, -0.15) is 0 Å². The van der Waals surface area contributed by atoms with Crippen LogP contribution in [0.3, 0.4) is 0 Å². The van der Waals surface area contributed by atoms with Gasteiger partial charge in [0.2, 0.25) is 0 Å². The van der Waals surface area contributed by atoms with Crippen molar-refractivity contribution in [1.82, 2.24) is 0 Å². The van der Waals surface area contributed by atoms with E-state index in [1.807, 2.05) is 11.3 Å². The largest absolute Gasteiger partial charge is 0.149 e.